The van der Waals surface area contributed by atoms with Crippen molar-refractivity contribution < 1.29 is 14.3 Å². The molecule has 1 aromatic carbocycles. The van der Waals surface area contributed by atoms with E-state index in [1.54, 1.807) is 30.5 Å². The second-order valence-electron chi connectivity index (χ2n) is 6.61. The maximum absolute atomic E-state index is 13.2. The number of nitrogens with zero attached hydrogens (tertiary/aromatic N) is 3. The van der Waals surface area contributed by atoms with Crippen molar-refractivity contribution in [3.8, 4) is 11.5 Å². The fourth-order valence-corrected chi connectivity index (χ4v) is 3.21. The van der Waals surface area contributed by atoms with Crippen molar-refractivity contribution in [3.63, 3.8) is 0 Å². The SMILES string of the molecule is CCOc1c(CC)cnc2c1c(=O)n(CC(=O)Nc1cccc(OC)c1)c(=O)n2C. The summed E-state index contributed by atoms with van der Waals surface area (Å²) in [6, 6.07) is 6.80. The predicted molar refractivity (Wildman–Crippen MR) is 113 cm³/mol. The third-order valence-corrected chi connectivity index (χ3v) is 4.70. The van der Waals surface area contributed by atoms with Crippen LogP contribution in [0.15, 0.2) is 40.1 Å². The number of rotatable bonds is 7. The molecule has 0 unspecified atom stereocenters. The molecule has 1 amide bonds. The second-order valence-corrected chi connectivity index (χ2v) is 6.61. The van der Waals surface area contributed by atoms with Crippen molar-refractivity contribution in [2.75, 3.05) is 19.0 Å². The monoisotopic (exact) mass is 412 g/mol. The maximum Gasteiger partial charge on any atom is 0.332 e. The number of fused-ring (bicyclic) bond motifs is 1. The standard InChI is InChI=1S/C21H24N4O5/c1-5-13-11-22-19-17(18(13)30-6-2)20(27)25(21(28)24(19)3)12-16(26)23-14-8-7-9-15(10-14)29-4/h7-11H,5-6,12H2,1-4H3,(H,23,26). The number of ether oxygens (including phenoxy) is 2. The van der Waals surface area contributed by atoms with Gasteiger partial charge in [0, 0.05) is 30.6 Å². The molecule has 0 aliphatic carbocycles. The number of nitrogens with one attached hydrogen (secondary N) is 1. The Labute approximate surface area is 172 Å². The Morgan fingerprint density at radius 2 is 2.00 bits per heavy atom. The summed E-state index contributed by atoms with van der Waals surface area (Å²) in [6.45, 7) is 3.65. The van der Waals surface area contributed by atoms with Crippen LogP contribution in [0, 0.1) is 0 Å². The summed E-state index contributed by atoms with van der Waals surface area (Å²) in [6.07, 6.45) is 2.21. The highest BCUT2D eigenvalue weighted by molar-refractivity contribution is 5.91. The number of hydrogen-bond acceptors (Lipinski definition) is 6. The van der Waals surface area contributed by atoms with E-state index < -0.39 is 23.7 Å². The van der Waals surface area contributed by atoms with E-state index in [0.29, 0.717) is 30.2 Å². The lowest BCUT2D eigenvalue weighted by Crippen LogP contribution is -2.42. The van der Waals surface area contributed by atoms with Crippen molar-refractivity contribution in [2.45, 2.75) is 26.8 Å². The van der Waals surface area contributed by atoms with E-state index in [4.69, 9.17) is 9.47 Å². The van der Waals surface area contributed by atoms with Gasteiger partial charge in [0.25, 0.3) is 5.56 Å². The summed E-state index contributed by atoms with van der Waals surface area (Å²) >= 11 is 0. The summed E-state index contributed by atoms with van der Waals surface area (Å²) in [7, 11) is 3.03. The van der Waals surface area contributed by atoms with Crippen LogP contribution in [-0.2, 0) is 24.8 Å². The number of aromatic nitrogens is 3. The molecule has 0 aliphatic rings. The van der Waals surface area contributed by atoms with Crippen molar-refractivity contribution in [1.29, 1.82) is 0 Å². The number of benzene rings is 1. The third kappa shape index (κ3) is 3.91. The molecule has 0 radical (unpaired) electrons. The third-order valence-electron chi connectivity index (χ3n) is 4.70. The molecule has 30 heavy (non-hydrogen) atoms. The minimum Gasteiger partial charge on any atom is -0.497 e. The van der Waals surface area contributed by atoms with Gasteiger partial charge in [0.05, 0.1) is 13.7 Å². The first-order chi connectivity index (χ1) is 14.4. The minimum absolute atomic E-state index is 0.187. The van der Waals surface area contributed by atoms with Crippen LogP contribution >= 0.6 is 0 Å². The molecule has 2 heterocycles. The van der Waals surface area contributed by atoms with E-state index in [-0.39, 0.29) is 11.0 Å². The Kier molecular flexibility index (Phi) is 6.20. The number of aryl methyl sites for hydroxylation is 2. The quantitative estimate of drug-likeness (QED) is 0.633. The summed E-state index contributed by atoms with van der Waals surface area (Å²) in [4.78, 5) is 42.8. The average molecular weight is 412 g/mol. The van der Waals surface area contributed by atoms with Gasteiger partial charge in [-0.15, -0.1) is 0 Å². The number of anilines is 1. The largest absolute Gasteiger partial charge is 0.497 e. The Morgan fingerprint density at radius 1 is 1.23 bits per heavy atom. The smallest absolute Gasteiger partial charge is 0.332 e. The lowest BCUT2D eigenvalue weighted by atomic mass is 10.1. The fraction of sp³-hybridized carbons (Fsp3) is 0.333. The van der Waals surface area contributed by atoms with Crippen molar-refractivity contribution >= 4 is 22.6 Å². The number of methoxy groups -OCH3 is 1. The molecular weight excluding hydrogens is 388 g/mol. The molecule has 3 aromatic rings. The molecule has 2 aromatic heterocycles. The molecule has 0 saturated heterocycles. The fourth-order valence-electron chi connectivity index (χ4n) is 3.21. The highest BCUT2D eigenvalue weighted by Crippen LogP contribution is 2.25. The first kappa shape index (κ1) is 21.1. The Balaban J connectivity index is 2.07. The zero-order valence-corrected chi connectivity index (χ0v) is 17.4. The highest BCUT2D eigenvalue weighted by Gasteiger charge is 2.20. The summed E-state index contributed by atoms with van der Waals surface area (Å²) in [5.41, 5.74) is 0.227. The minimum atomic E-state index is -0.632. The first-order valence-electron chi connectivity index (χ1n) is 9.59. The zero-order valence-electron chi connectivity index (χ0n) is 17.4. The van der Waals surface area contributed by atoms with E-state index in [2.05, 4.69) is 10.3 Å². The Hall–Kier alpha value is -3.62. The molecule has 0 spiro atoms. The number of hydrogen-bond donors (Lipinski definition) is 1. The van der Waals surface area contributed by atoms with Gasteiger partial charge in [0.15, 0.2) is 5.65 Å². The van der Waals surface area contributed by atoms with Crippen LogP contribution in [0.4, 0.5) is 5.69 Å². The average Bonchev–Trinajstić information content (AvgIpc) is 2.75. The first-order valence-corrected chi connectivity index (χ1v) is 9.59. The lowest BCUT2D eigenvalue weighted by Gasteiger charge is -2.15. The van der Waals surface area contributed by atoms with Crippen LogP contribution in [0.2, 0.25) is 0 Å². The molecular formula is C21H24N4O5. The summed E-state index contributed by atoms with van der Waals surface area (Å²) in [5, 5.41) is 2.86. The molecule has 9 heteroatoms. The number of pyridine rings is 1. The lowest BCUT2D eigenvalue weighted by molar-refractivity contribution is -0.116. The van der Waals surface area contributed by atoms with Crippen LogP contribution in [0.5, 0.6) is 11.5 Å². The van der Waals surface area contributed by atoms with Gasteiger partial charge in [-0.1, -0.05) is 13.0 Å². The number of carbonyl (C=O) groups excluding carboxylic acids is 1. The van der Waals surface area contributed by atoms with E-state index in [1.807, 2.05) is 13.8 Å². The maximum atomic E-state index is 13.2. The second kappa shape index (κ2) is 8.81. The van der Waals surface area contributed by atoms with Crippen molar-refractivity contribution in [2.24, 2.45) is 7.05 Å². The number of carbonyl (C=O) groups is 1. The van der Waals surface area contributed by atoms with Crippen LogP contribution in [0.3, 0.4) is 0 Å². The normalized spacial score (nSPS) is 10.8. The Bertz CT molecular complexity index is 1210. The summed E-state index contributed by atoms with van der Waals surface area (Å²) < 4.78 is 13.0. The number of amides is 1. The molecule has 1 N–H and O–H groups in total. The summed E-state index contributed by atoms with van der Waals surface area (Å²) in [5.74, 6) is 0.457. The molecule has 9 nitrogen and oxygen atoms in total. The molecule has 0 aliphatic heterocycles. The van der Waals surface area contributed by atoms with Gasteiger partial charge in [-0.3, -0.25) is 14.2 Å². The van der Waals surface area contributed by atoms with Crippen LogP contribution < -0.4 is 26.0 Å². The van der Waals surface area contributed by atoms with Crippen molar-refractivity contribution in [3.05, 3.63) is 56.9 Å². The van der Waals surface area contributed by atoms with Crippen molar-refractivity contribution in [1.82, 2.24) is 14.1 Å². The van der Waals surface area contributed by atoms with E-state index in [1.165, 1.54) is 18.7 Å². The van der Waals surface area contributed by atoms with E-state index in [9.17, 15) is 14.4 Å². The highest BCUT2D eigenvalue weighted by atomic mass is 16.5. The Morgan fingerprint density at radius 3 is 2.67 bits per heavy atom. The molecule has 0 atom stereocenters. The van der Waals surface area contributed by atoms with Gasteiger partial charge < -0.3 is 14.8 Å². The van der Waals surface area contributed by atoms with Gasteiger partial charge >= 0.3 is 5.69 Å². The van der Waals surface area contributed by atoms with Gasteiger partial charge in [-0.25, -0.2) is 14.3 Å². The molecule has 0 bridgehead atoms. The molecule has 3 rings (SSSR count). The van der Waals surface area contributed by atoms with E-state index >= 15 is 0 Å². The van der Waals surface area contributed by atoms with E-state index in [0.717, 1.165) is 10.1 Å². The van der Waals surface area contributed by atoms with Crippen LogP contribution in [0.25, 0.3) is 11.0 Å². The molecule has 0 fully saturated rings. The predicted octanol–water partition coefficient (Wildman–Crippen LogP) is 1.70. The van der Waals surface area contributed by atoms with Gasteiger partial charge in [-0.2, -0.15) is 0 Å². The molecule has 0 saturated carbocycles. The van der Waals surface area contributed by atoms with Gasteiger partial charge in [0.1, 0.15) is 23.4 Å². The van der Waals surface area contributed by atoms with Crippen LogP contribution in [-0.4, -0.2) is 33.7 Å². The molecule has 158 valence electrons. The zero-order chi connectivity index (χ0) is 21.8. The van der Waals surface area contributed by atoms with Crippen LogP contribution in [0.1, 0.15) is 19.4 Å². The van der Waals surface area contributed by atoms with Gasteiger partial charge in [0.2, 0.25) is 5.91 Å². The van der Waals surface area contributed by atoms with Gasteiger partial charge in [-0.05, 0) is 25.5 Å². The topological polar surface area (TPSA) is 104 Å².